The van der Waals surface area contributed by atoms with Crippen molar-refractivity contribution in [3.63, 3.8) is 0 Å². The van der Waals surface area contributed by atoms with Crippen LogP contribution in [0.2, 0.25) is 0 Å². The van der Waals surface area contributed by atoms with Gasteiger partial charge in [0.2, 0.25) is 10.0 Å². The molecule has 0 saturated heterocycles. The molecule has 4 heteroatoms. The Labute approximate surface area is 138 Å². The van der Waals surface area contributed by atoms with E-state index in [0.717, 1.165) is 5.56 Å². The van der Waals surface area contributed by atoms with Crippen molar-refractivity contribution in [2.45, 2.75) is 49.5 Å². The van der Waals surface area contributed by atoms with Crippen LogP contribution in [0.25, 0.3) is 0 Å². The maximum atomic E-state index is 12.4. The molecule has 122 valence electrons. The summed E-state index contributed by atoms with van der Waals surface area (Å²) in [7, 11) is -3.46. The largest absolute Gasteiger partial charge is 0.240 e. The molecule has 1 aliphatic carbocycles. The maximum Gasteiger partial charge on any atom is 0.240 e. The zero-order chi connectivity index (χ0) is 16.1. The van der Waals surface area contributed by atoms with Gasteiger partial charge in [-0.15, -0.1) is 0 Å². The molecule has 0 aromatic heterocycles. The minimum atomic E-state index is -3.46. The molecule has 0 heterocycles. The Balaban J connectivity index is 1.67. The Morgan fingerprint density at radius 2 is 1.52 bits per heavy atom. The number of hydrogen-bond donors (Lipinski definition) is 1. The average Bonchev–Trinajstić information content (AvgIpc) is 2.62. The Bertz CT molecular complexity index is 718. The quantitative estimate of drug-likeness (QED) is 0.893. The first-order valence-electron chi connectivity index (χ1n) is 8.29. The van der Waals surface area contributed by atoms with Crippen molar-refractivity contribution in [1.82, 2.24) is 4.72 Å². The number of rotatable bonds is 5. The van der Waals surface area contributed by atoms with Crippen LogP contribution >= 0.6 is 0 Å². The van der Waals surface area contributed by atoms with Gasteiger partial charge in [-0.05, 0) is 42.0 Å². The molecule has 0 atom stereocenters. The SMILES string of the molecule is O=S(=O)(NCc1ccccc1)c1ccc(C2CCCCC2)cc1. The summed E-state index contributed by atoms with van der Waals surface area (Å²) in [5.41, 5.74) is 2.22. The summed E-state index contributed by atoms with van der Waals surface area (Å²) in [6.45, 7) is 0.313. The highest BCUT2D eigenvalue weighted by Crippen LogP contribution is 2.32. The summed E-state index contributed by atoms with van der Waals surface area (Å²) in [4.78, 5) is 0.341. The number of hydrogen-bond acceptors (Lipinski definition) is 2. The van der Waals surface area contributed by atoms with Crippen LogP contribution in [0.15, 0.2) is 59.5 Å². The average molecular weight is 329 g/mol. The fourth-order valence-corrected chi connectivity index (χ4v) is 4.23. The summed E-state index contributed by atoms with van der Waals surface area (Å²) in [5.74, 6) is 0.595. The van der Waals surface area contributed by atoms with Crippen LogP contribution in [-0.4, -0.2) is 8.42 Å². The van der Waals surface area contributed by atoms with Crippen LogP contribution in [0.5, 0.6) is 0 Å². The van der Waals surface area contributed by atoms with E-state index in [1.807, 2.05) is 42.5 Å². The molecule has 0 aliphatic heterocycles. The molecule has 1 aliphatic rings. The van der Waals surface area contributed by atoms with Gasteiger partial charge in [-0.2, -0.15) is 0 Å². The van der Waals surface area contributed by atoms with Crippen molar-refractivity contribution in [2.75, 3.05) is 0 Å². The summed E-state index contributed by atoms with van der Waals surface area (Å²) < 4.78 is 27.4. The molecule has 1 N–H and O–H groups in total. The van der Waals surface area contributed by atoms with Gasteiger partial charge in [0, 0.05) is 6.54 Å². The maximum absolute atomic E-state index is 12.4. The molecule has 0 amide bonds. The molecule has 2 aromatic rings. The third kappa shape index (κ3) is 4.21. The molecule has 1 fully saturated rings. The minimum Gasteiger partial charge on any atom is -0.207 e. The van der Waals surface area contributed by atoms with Gasteiger partial charge in [-0.1, -0.05) is 61.7 Å². The van der Waals surface area contributed by atoms with E-state index < -0.39 is 10.0 Å². The van der Waals surface area contributed by atoms with Crippen LogP contribution in [0.1, 0.15) is 49.1 Å². The van der Waals surface area contributed by atoms with E-state index in [2.05, 4.69) is 4.72 Å². The predicted octanol–water partition coefficient (Wildman–Crippen LogP) is 4.21. The second-order valence-corrected chi connectivity index (χ2v) is 7.98. The van der Waals surface area contributed by atoms with E-state index >= 15 is 0 Å². The predicted molar refractivity (Wildman–Crippen MR) is 92.7 cm³/mol. The van der Waals surface area contributed by atoms with E-state index in [-0.39, 0.29) is 0 Å². The molecule has 23 heavy (non-hydrogen) atoms. The molecule has 0 radical (unpaired) electrons. The first-order valence-corrected chi connectivity index (χ1v) is 9.77. The van der Waals surface area contributed by atoms with E-state index in [1.54, 1.807) is 12.1 Å². The van der Waals surface area contributed by atoms with Gasteiger partial charge in [0.25, 0.3) is 0 Å². The molecule has 1 saturated carbocycles. The van der Waals surface area contributed by atoms with Crippen molar-refractivity contribution in [2.24, 2.45) is 0 Å². The van der Waals surface area contributed by atoms with Gasteiger partial charge in [0.15, 0.2) is 0 Å². The normalized spacial score (nSPS) is 16.3. The fraction of sp³-hybridized carbons (Fsp3) is 0.368. The molecule has 0 spiro atoms. The third-order valence-electron chi connectivity index (χ3n) is 4.58. The lowest BCUT2D eigenvalue weighted by Crippen LogP contribution is -2.23. The smallest absolute Gasteiger partial charge is 0.207 e. The molecule has 0 bridgehead atoms. The highest BCUT2D eigenvalue weighted by Gasteiger charge is 2.17. The summed E-state index contributed by atoms with van der Waals surface area (Å²) >= 11 is 0. The van der Waals surface area contributed by atoms with Gasteiger partial charge in [-0.25, -0.2) is 13.1 Å². The summed E-state index contributed by atoms with van der Waals surface area (Å²) in [6, 6.07) is 17.0. The van der Waals surface area contributed by atoms with Gasteiger partial charge >= 0.3 is 0 Å². The Morgan fingerprint density at radius 1 is 0.870 bits per heavy atom. The summed E-state index contributed by atoms with van der Waals surface area (Å²) in [6.07, 6.45) is 6.33. The zero-order valence-corrected chi connectivity index (χ0v) is 14.1. The second kappa shape index (κ2) is 7.28. The first kappa shape index (κ1) is 16.2. The zero-order valence-electron chi connectivity index (χ0n) is 13.2. The summed E-state index contributed by atoms with van der Waals surface area (Å²) in [5, 5.41) is 0. The topological polar surface area (TPSA) is 46.2 Å². The van der Waals surface area contributed by atoms with E-state index in [0.29, 0.717) is 17.4 Å². The lowest BCUT2D eigenvalue weighted by molar-refractivity contribution is 0.443. The van der Waals surface area contributed by atoms with Crippen LogP contribution in [-0.2, 0) is 16.6 Å². The Morgan fingerprint density at radius 3 is 2.17 bits per heavy atom. The Kier molecular flexibility index (Phi) is 5.13. The lowest BCUT2D eigenvalue weighted by atomic mass is 9.84. The Hall–Kier alpha value is -1.65. The molecule has 3 nitrogen and oxygen atoms in total. The van der Waals surface area contributed by atoms with Crippen LogP contribution in [0, 0.1) is 0 Å². The van der Waals surface area contributed by atoms with Crippen molar-refractivity contribution < 1.29 is 8.42 Å². The van der Waals surface area contributed by atoms with Gasteiger partial charge in [0.1, 0.15) is 0 Å². The number of nitrogens with one attached hydrogen (secondary N) is 1. The molecular formula is C19H23NO2S. The van der Waals surface area contributed by atoms with E-state index in [4.69, 9.17) is 0 Å². The van der Waals surface area contributed by atoms with Crippen LogP contribution < -0.4 is 4.72 Å². The molecule has 2 aromatic carbocycles. The van der Waals surface area contributed by atoms with Gasteiger partial charge < -0.3 is 0 Å². The highest BCUT2D eigenvalue weighted by molar-refractivity contribution is 7.89. The number of sulfonamides is 1. The molecule has 0 unspecified atom stereocenters. The van der Waals surface area contributed by atoms with Crippen molar-refractivity contribution in [3.05, 3.63) is 65.7 Å². The van der Waals surface area contributed by atoms with Crippen LogP contribution in [0.4, 0.5) is 0 Å². The lowest BCUT2D eigenvalue weighted by Gasteiger charge is -2.22. The minimum absolute atomic E-state index is 0.313. The monoisotopic (exact) mass is 329 g/mol. The highest BCUT2D eigenvalue weighted by atomic mass is 32.2. The second-order valence-electron chi connectivity index (χ2n) is 6.21. The van der Waals surface area contributed by atoms with E-state index in [1.165, 1.54) is 37.7 Å². The van der Waals surface area contributed by atoms with Crippen molar-refractivity contribution >= 4 is 10.0 Å². The standard InChI is InChI=1S/C19H23NO2S/c21-23(22,20-15-16-7-3-1-4-8-16)19-13-11-18(12-14-19)17-9-5-2-6-10-17/h1,3-4,7-8,11-14,17,20H,2,5-6,9-10,15H2. The molecule has 3 rings (SSSR count). The van der Waals surface area contributed by atoms with Crippen molar-refractivity contribution in [1.29, 1.82) is 0 Å². The van der Waals surface area contributed by atoms with Gasteiger partial charge in [0.05, 0.1) is 4.90 Å². The van der Waals surface area contributed by atoms with Gasteiger partial charge in [-0.3, -0.25) is 0 Å². The van der Waals surface area contributed by atoms with Crippen LogP contribution in [0.3, 0.4) is 0 Å². The third-order valence-corrected chi connectivity index (χ3v) is 5.99. The van der Waals surface area contributed by atoms with Crippen molar-refractivity contribution in [3.8, 4) is 0 Å². The number of benzene rings is 2. The first-order chi connectivity index (χ1) is 11.1. The molecular weight excluding hydrogens is 306 g/mol. The fourth-order valence-electron chi connectivity index (χ4n) is 3.21. The van der Waals surface area contributed by atoms with E-state index in [9.17, 15) is 8.42 Å².